The number of ether oxygens (including phenoxy) is 2. The third-order valence-electron chi connectivity index (χ3n) is 9.43. The van der Waals surface area contributed by atoms with Crippen LogP contribution in [-0.2, 0) is 23.9 Å². The number of nitrogens with zero attached hydrogens (tertiary/aromatic N) is 2. The molecule has 4 heterocycles. The number of aliphatic hydroxyl groups is 1. The zero-order valence-corrected chi connectivity index (χ0v) is 22.4. The summed E-state index contributed by atoms with van der Waals surface area (Å²) in [6.07, 6.45) is 15.0. The van der Waals surface area contributed by atoms with Gasteiger partial charge < -0.3 is 24.4 Å². The summed E-state index contributed by atoms with van der Waals surface area (Å²) in [5, 5.41) is 10.4. The van der Waals surface area contributed by atoms with Crippen LogP contribution in [0, 0.1) is 17.8 Å². The minimum atomic E-state index is -1.30. The summed E-state index contributed by atoms with van der Waals surface area (Å²) in [4.78, 5) is 46.1. The Kier molecular flexibility index (Phi) is 7.26. The number of esters is 1. The second-order valence-electron chi connectivity index (χ2n) is 11.8. The average molecular weight is 515 g/mol. The fourth-order valence-corrected chi connectivity index (χ4v) is 7.53. The molecule has 3 fully saturated rings. The van der Waals surface area contributed by atoms with Gasteiger partial charge in [0.2, 0.25) is 11.8 Å². The van der Waals surface area contributed by atoms with Crippen LogP contribution in [-0.4, -0.2) is 81.8 Å². The molecule has 8 nitrogen and oxygen atoms in total. The molecular weight excluding hydrogens is 472 g/mol. The van der Waals surface area contributed by atoms with Gasteiger partial charge in [-0.2, -0.15) is 0 Å². The molecular formula is C29H42N2O6. The Morgan fingerprint density at radius 3 is 2.46 bits per heavy atom. The first kappa shape index (κ1) is 26.4. The molecule has 0 radical (unpaired) electrons. The van der Waals surface area contributed by atoms with Crippen molar-refractivity contribution in [3.8, 4) is 0 Å². The summed E-state index contributed by atoms with van der Waals surface area (Å²) in [6, 6.07) is -1.39. The van der Waals surface area contributed by atoms with Gasteiger partial charge in [0, 0.05) is 12.6 Å². The van der Waals surface area contributed by atoms with Crippen LogP contribution in [0.5, 0.6) is 0 Å². The maximum atomic E-state index is 14.5. The van der Waals surface area contributed by atoms with Crippen molar-refractivity contribution in [3.05, 3.63) is 24.3 Å². The third kappa shape index (κ3) is 4.06. The van der Waals surface area contributed by atoms with Gasteiger partial charge in [0.15, 0.2) is 0 Å². The van der Waals surface area contributed by atoms with Crippen molar-refractivity contribution in [1.82, 2.24) is 9.80 Å². The van der Waals surface area contributed by atoms with Gasteiger partial charge in [0.05, 0.1) is 25.2 Å². The highest BCUT2D eigenvalue weighted by atomic mass is 16.6. The van der Waals surface area contributed by atoms with E-state index >= 15 is 0 Å². The Hall–Kier alpha value is -2.19. The van der Waals surface area contributed by atoms with E-state index in [0.717, 1.165) is 32.1 Å². The van der Waals surface area contributed by atoms with Crippen molar-refractivity contribution in [1.29, 1.82) is 0 Å². The number of cyclic esters (lactones) is 1. The minimum absolute atomic E-state index is 0.0868. The molecule has 5 aliphatic rings. The normalized spacial score (nSPS) is 38.3. The van der Waals surface area contributed by atoms with E-state index in [4.69, 9.17) is 9.47 Å². The monoisotopic (exact) mass is 514 g/mol. The highest BCUT2D eigenvalue weighted by Gasteiger charge is 2.76. The van der Waals surface area contributed by atoms with E-state index in [0.29, 0.717) is 19.4 Å². The topological polar surface area (TPSA) is 96.4 Å². The fourth-order valence-electron chi connectivity index (χ4n) is 7.53. The summed E-state index contributed by atoms with van der Waals surface area (Å²) in [6.45, 7) is 6.32. The first-order chi connectivity index (χ1) is 17.8. The number of hydrogen-bond acceptors (Lipinski definition) is 6. The smallest absolute Gasteiger partial charge is 0.313 e. The zero-order valence-electron chi connectivity index (χ0n) is 22.4. The number of rotatable bonds is 5. The summed E-state index contributed by atoms with van der Waals surface area (Å²) in [7, 11) is 0. The predicted molar refractivity (Wildman–Crippen MR) is 137 cm³/mol. The fraction of sp³-hybridized carbons (Fsp3) is 0.759. The van der Waals surface area contributed by atoms with Crippen molar-refractivity contribution >= 4 is 17.8 Å². The molecule has 0 aromatic carbocycles. The van der Waals surface area contributed by atoms with Crippen molar-refractivity contribution in [2.45, 2.75) is 101 Å². The summed E-state index contributed by atoms with van der Waals surface area (Å²) in [5.41, 5.74) is -2.34. The Morgan fingerprint density at radius 1 is 1.03 bits per heavy atom. The van der Waals surface area contributed by atoms with Gasteiger partial charge in [-0.3, -0.25) is 14.4 Å². The van der Waals surface area contributed by atoms with E-state index in [2.05, 4.69) is 0 Å². The number of carbonyl (C=O) groups is 3. The Labute approximate surface area is 220 Å². The first-order valence-corrected chi connectivity index (χ1v) is 14.3. The molecule has 1 saturated carbocycles. The van der Waals surface area contributed by atoms with Crippen LogP contribution in [0.2, 0.25) is 0 Å². The standard InChI is InChI=1S/C29H42N2O6/c1-4-28-14-9-6-10-17-36-27(35)23(28)22-25(33)31(21(18-32)19(2)3)24-26(34)30(20-12-7-5-8-13-20)16-11-15-29(22,24)37-28/h9,11,14-15,19-24,32H,4-8,10,12-13,16-18H2,1-3H3/b14-9-/t21-,22-,23-,24?,28+,29-/m0/s1. The molecule has 6 atom stereocenters. The van der Waals surface area contributed by atoms with E-state index in [1.807, 2.05) is 50.0 Å². The molecule has 0 bridgehead atoms. The lowest BCUT2D eigenvalue weighted by Crippen LogP contribution is -2.61. The number of amides is 2. The molecule has 1 unspecified atom stereocenters. The maximum Gasteiger partial charge on any atom is 0.313 e. The molecule has 37 heavy (non-hydrogen) atoms. The van der Waals surface area contributed by atoms with E-state index in [1.54, 1.807) is 4.90 Å². The number of likely N-dealkylation sites (tertiary alicyclic amines) is 1. The number of carbonyl (C=O) groups excluding carboxylic acids is 3. The number of aliphatic hydroxyl groups excluding tert-OH is 1. The molecule has 0 aromatic rings. The van der Waals surface area contributed by atoms with E-state index in [9.17, 15) is 19.5 Å². The molecule has 2 amide bonds. The van der Waals surface area contributed by atoms with Crippen LogP contribution in [0.25, 0.3) is 0 Å². The maximum absolute atomic E-state index is 14.5. The highest BCUT2D eigenvalue weighted by Crippen LogP contribution is 2.59. The van der Waals surface area contributed by atoms with E-state index < -0.39 is 41.1 Å². The molecule has 1 aliphatic carbocycles. The molecule has 0 aromatic heterocycles. The SMILES string of the molecule is CC[C@@]12/C=C\CCCOC(=O)[C@@H]1[C@H]1C(=O)N([C@@H](CO)C(C)C)C3C(=O)N(C4CCCCC4)CC=C[C@@]31O2. The third-order valence-corrected chi connectivity index (χ3v) is 9.43. The first-order valence-electron chi connectivity index (χ1n) is 14.3. The second-order valence-corrected chi connectivity index (χ2v) is 11.8. The minimum Gasteiger partial charge on any atom is -0.465 e. The van der Waals surface area contributed by atoms with Gasteiger partial charge in [0.25, 0.3) is 0 Å². The molecule has 5 rings (SSSR count). The van der Waals surface area contributed by atoms with Crippen LogP contribution in [0.15, 0.2) is 24.3 Å². The molecule has 2 saturated heterocycles. The van der Waals surface area contributed by atoms with Gasteiger partial charge in [-0.15, -0.1) is 0 Å². The van der Waals surface area contributed by atoms with Crippen LogP contribution in [0.4, 0.5) is 0 Å². The van der Waals surface area contributed by atoms with Gasteiger partial charge in [-0.25, -0.2) is 0 Å². The lowest BCUT2D eigenvalue weighted by molar-refractivity contribution is -0.164. The van der Waals surface area contributed by atoms with Gasteiger partial charge in [-0.1, -0.05) is 64.3 Å². The number of hydrogen-bond donors (Lipinski definition) is 1. The molecule has 1 N–H and O–H groups in total. The van der Waals surface area contributed by atoms with Gasteiger partial charge in [0.1, 0.15) is 23.2 Å². The molecule has 1 spiro atoms. The van der Waals surface area contributed by atoms with Crippen molar-refractivity contribution in [3.63, 3.8) is 0 Å². The number of fused-ring (bicyclic) bond motifs is 2. The van der Waals surface area contributed by atoms with E-state index in [1.165, 1.54) is 6.42 Å². The average Bonchev–Trinajstić information content (AvgIpc) is 3.26. The van der Waals surface area contributed by atoms with Crippen LogP contribution in [0.3, 0.4) is 0 Å². The highest BCUT2D eigenvalue weighted by molar-refractivity contribution is 5.99. The van der Waals surface area contributed by atoms with Crippen molar-refractivity contribution in [2.24, 2.45) is 17.8 Å². The number of allylic oxidation sites excluding steroid dienone is 1. The Balaban J connectivity index is 1.67. The van der Waals surface area contributed by atoms with Crippen LogP contribution < -0.4 is 0 Å². The predicted octanol–water partition coefficient (Wildman–Crippen LogP) is 2.99. The molecule has 8 heteroatoms. The Morgan fingerprint density at radius 2 is 1.78 bits per heavy atom. The lowest BCUT2D eigenvalue weighted by atomic mass is 9.73. The molecule has 4 aliphatic heterocycles. The van der Waals surface area contributed by atoms with Gasteiger partial charge in [-0.05, 0) is 38.0 Å². The molecule has 204 valence electrons. The van der Waals surface area contributed by atoms with E-state index in [-0.39, 0.29) is 37.0 Å². The summed E-state index contributed by atoms with van der Waals surface area (Å²) >= 11 is 0. The van der Waals surface area contributed by atoms with Crippen molar-refractivity contribution < 1.29 is 29.0 Å². The van der Waals surface area contributed by atoms with Crippen LogP contribution in [0.1, 0.15) is 72.1 Å². The quantitative estimate of drug-likeness (QED) is 0.448. The van der Waals surface area contributed by atoms with Crippen molar-refractivity contribution in [2.75, 3.05) is 19.8 Å². The Bertz CT molecular complexity index is 971. The summed E-state index contributed by atoms with van der Waals surface area (Å²) in [5.74, 6) is -2.72. The largest absolute Gasteiger partial charge is 0.465 e. The zero-order chi connectivity index (χ0) is 26.4. The van der Waals surface area contributed by atoms with Gasteiger partial charge >= 0.3 is 5.97 Å². The summed E-state index contributed by atoms with van der Waals surface area (Å²) < 4.78 is 12.7. The lowest BCUT2D eigenvalue weighted by Gasteiger charge is -2.43. The van der Waals surface area contributed by atoms with Crippen LogP contribution >= 0.6 is 0 Å². The second kappa shape index (κ2) is 10.2.